The molecular formula is C13H14BrF2N3. The van der Waals surface area contributed by atoms with Gasteiger partial charge >= 0.3 is 0 Å². The lowest BCUT2D eigenvalue weighted by Gasteiger charge is -2.07. The lowest BCUT2D eigenvalue weighted by atomic mass is 10.2. The number of hydrogen-bond acceptors (Lipinski definition) is 2. The van der Waals surface area contributed by atoms with Crippen molar-refractivity contribution in [3.8, 4) is 0 Å². The van der Waals surface area contributed by atoms with E-state index in [1.54, 1.807) is 4.68 Å². The summed E-state index contributed by atoms with van der Waals surface area (Å²) in [6.07, 6.45) is 0. The van der Waals surface area contributed by atoms with E-state index in [4.69, 9.17) is 0 Å². The summed E-state index contributed by atoms with van der Waals surface area (Å²) in [7, 11) is 1.84. The molecule has 0 saturated carbocycles. The second kappa shape index (κ2) is 5.79. The zero-order valence-electron chi connectivity index (χ0n) is 10.7. The van der Waals surface area contributed by atoms with Crippen LogP contribution in [0.2, 0.25) is 0 Å². The smallest absolute Gasteiger partial charge is 0.127 e. The van der Waals surface area contributed by atoms with E-state index in [1.807, 2.05) is 14.0 Å². The zero-order chi connectivity index (χ0) is 14.0. The number of nitrogens with one attached hydrogen (secondary N) is 1. The molecule has 2 rings (SSSR count). The standard InChI is InChI=1S/C13H14BrF2N3/c1-8-13(14)12(19(2)18-8)7-17-6-9-5-10(15)3-4-11(9)16/h3-5,17H,6-7H2,1-2H3. The fourth-order valence-electron chi connectivity index (χ4n) is 1.87. The molecule has 1 heterocycles. The molecule has 0 aliphatic heterocycles. The molecule has 0 atom stereocenters. The summed E-state index contributed by atoms with van der Waals surface area (Å²) in [5.74, 6) is -0.843. The van der Waals surface area contributed by atoms with Crippen molar-refractivity contribution in [3.63, 3.8) is 0 Å². The first kappa shape index (κ1) is 14.1. The first-order valence-electron chi connectivity index (χ1n) is 5.81. The number of aryl methyl sites for hydroxylation is 2. The first-order chi connectivity index (χ1) is 8.99. The van der Waals surface area contributed by atoms with Crippen molar-refractivity contribution in [2.75, 3.05) is 0 Å². The number of rotatable bonds is 4. The highest BCUT2D eigenvalue weighted by atomic mass is 79.9. The normalized spacial score (nSPS) is 11.0. The summed E-state index contributed by atoms with van der Waals surface area (Å²) in [6.45, 7) is 2.69. The molecule has 0 saturated heterocycles. The molecule has 0 spiro atoms. The van der Waals surface area contributed by atoms with Gasteiger partial charge in [-0.15, -0.1) is 0 Å². The van der Waals surface area contributed by atoms with Crippen LogP contribution in [0.5, 0.6) is 0 Å². The Hall–Kier alpha value is -1.27. The van der Waals surface area contributed by atoms with Crippen molar-refractivity contribution < 1.29 is 8.78 Å². The number of halogens is 3. The van der Waals surface area contributed by atoms with E-state index in [9.17, 15) is 8.78 Å². The van der Waals surface area contributed by atoms with E-state index in [2.05, 4.69) is 26.3 Å². The fraction of sp³-hybridized carbons (Fsp3) is 0.308. The highest BCUT2D eigenvalue weighted by molar-refractivity contribution is 9.10. The van der Waals surface area contributed by atoms with E-state index in [1.165, 1.54) is 6.07 Å². The van der Waals surface area contributed by atoms with Gasteiger partial charge in [0, 0.05) is 25.7 Å². The van der Waals surface area contributed by atoms with Gasteiger partial charge in [-0.1, -0.05) is 0 Å². The van der Waals surface area contributed by atoms with E-state index in [-0.39, 0.29) is 6.54 Å². The van der Waals surface area contributed by atoms with Gasteiger partial charge in [0.25, 0.3) is 0 Å². The van der Waals surface area contributed by atoms with Crippen molar-refractivity contribution >= 4 is 15.9 Å². The Kier molecular flexibility index (Phi) is 4.31. The Labute approximate surface area is 118 Å². The highest BCUT2D eigenvalue weighted by Crippen LogP contribution is 2.20. The lowest BCUT2D eigenvalue weighted by molar-refractivity contribution is 0.561. The van der Waals surface area contributed by atoms with Crippen molar-refractivity contribution in [1.82, 2.24) is 15.1 Å². The average Bonchev–Trinajstić information content (AvgIpc) is 2.60. The number of aromatic nitrogens is 2. The van der Waals surface area contributed by atoms with Crippen LogP contribution in [0, 0.1) is 18.6 Å². The molecule has 0 aliphatic rings. The third-order valence-corrected chi connectivity index (χ3v) is 3.91. The summed E-state index contributed by atoms with van der Waals surface area (Å²) >= 11 is 3.46. The molecule has 0 unspecified atom stereocenters. The summed E-state index contributed by atoms with van der Waals surface area (Å²) in [5, 5.41) is 7.35. The van der Waals surface area contributed by atoms with E-state index in [0.717, 1.165) is 28.0 Å². The minimum absolute atomic E-state index is 0.264. The topological polar surface area (TPSA) is 29.9 Å². The number of nitrogens with zero attached hydrogens (tertiary/aromatic N) is 2. The number of hydrogen-bond donors (Lipinski definition) is 1. The van der Waals surface area contributed by atoms with E-state index < -0.39 is 11.6 Å². The Balaban J connectivity index is 2.02. The van der Waals surface area contributed by atoms with E-state index >= 15 is 0 Å². The average molecular weight is 330 g/mol. The van der Waals surface area contributed by atoms with Gasteiger partial charge in [0.1, 0.15) is 11.6 Å². The van der Waals surface area contributed by atoms with Crippen molar-refractivity contribution in [2.45, 2.75) is 20.0 Å². The molecule has 0 aliphatic carbocycles. The summed E-state index contributed by atoms with van der Waals surface area (Å²) < 4.78 is 29.1. The Morgan fingerprint density at radius 1 is 1.32 bits per heavy atom. The minimum atomic E-state index is -0.434. The molecule has 6 heteroatoms. The van der Waals surface area contributed by atoms with Gasteiger partial charge in [-0.05, 0) is 41.1 Å². The third-order valence-electron chi connectivity index (χ3n) is 2.88. The van der Waals surface area contributed by atoms with Crippen LogP contribution < -0.4 is 5.32 Å². The first-order valence-corrected chi connectivity index (χ1v) is 6.61. The van der Waals surface area contributed by atoms with Crippen LogP contribution in [0.15, 0.2) is 22.7 Å². The lowest BCUT2D eigenvalue weighted by Crippen LogP contribution is -2.16. The zero-order valence-corrected chi connectivity index (χ0v) is 12.3. The van der Waals surface area contributed by atoms with Gasteiger partial charge in [0.15, 0.2) is 0 Å². The van der Waals surface area contributed by atoms with Crippen LogP contribution in [0.1, 0.15) is 17.0 Å². The van der Waals surface area contributed by atoms with Crippen molar-refractivity contribution in [1.29, 1.82) is 0 Å². The van der Waals surface area contributed by atoms with Gasteiger partial charge in [0.2, 0.25) is 0 Å². The van der Waals surface area contributed by atoms with Gasteiger partial charge in [-0.2, -0.15) is 5.10 Å². The quantitative estimate of drug-likeness (QED) is 0.934. The van der Waals surface area contributed by atoms with Gasteiger partial charge in [-0.25, -0.2) is 8.78 Å². The van der Waals surface area contributed by atoms with Crippen LogP contribution in [0.3, 0.4) is 0 Å². The van der Waals surface area contributed by atoms with Crippen molar-refractivity contribution in [3.05, 3.63) is 51.3 Å². The predicted octanol–water partition coefficient (Wildman–Crippen LogP) is 3.06. The monoisotopic (exact) mass is 329 g/mol. The van der Waals surface area contributed by atoms with Gasteiger partial charge in [-0.3, -0.25) is 4.68 Å². The molecule has 0 amide bonds. The third kappa shape index (κ3) is 3.19. The van der Waals surface area contributed by atoms with Crippen LogP contribution in [-0.2, 0) is 20.1 Å². The van der Waals surface area contributed by atoms with E-state index in [0.29, 0.717) is 12.1 Å². The highest BCUT2D eigenvalue weighted by Gasteiger charge is 2.10. The maximum absolute atomic E-state index is 13.4. The van der Waals surface area contributed by atoms with Crippen LogP contribution in [0.25, 0.3) is 0 Å². The van der Waals surface area contributed by atoms with Crippen LogP contribution >= 0.6 is 15.9 Å². The summed E-state index contributed by atoms with van der Waals surface area (Å²) in [5.41, 5.74) is 2.18. The SMILES string of the molecule is Cc1nn(C)c(CNCc2cc(F)ccc2F)c1Br. The molecule has 102 valence electrons. The van der Waals surface area contributed by atoms with Crippen molar-refractivity contribution in [2.24, 2.45) is 7.05 Å². The van der Waals surface area contributed by atoms with Gasteiger partial charge < -0.3 is 5.32 Å². The van der Waals surface area contributed by atoms with Gasteiger partial charge in [0.05, 0.1) is 15.9 Å². The number of benzene rings is 1. The predicted molar refractivity (Wildman–Crippen MR) is 72.5 cm³/mol. The molecule has 0 fully saturated rings. The maximum atomic E-state index is 13.4. The molecular weight excluding hydrogens is 316 g/mol. The molecule has 0 radical (unpaired) electrons. The summed E-state index contributed by atoms with van der Waals surface area (Å²) in [6, 6.07) is 3.45. The Bertz CT molecular complexity index is 596. The molecule has 1 aromatic heterocycles. The van der Waals surface area contributed by atoms with Crippen LogP contribution in [-0.4, -0.2) is 9.78 Å². The Morgan fingerprint density at radius 3 is 2.68 bits per heavy atom. The second-order valence-electron chi connectivity index (χ2n) is 4.31. The minimum Gasteiger partial charge on any atom is -0.307 e. The molecule has 19 heavy (non-hydrogen) atoms. The fourth-order valence-corrected chi connectivity index (χ4v) is 2.34. The largest absolute Gasteiger partial charge is 0.307 e. The Morgan fingerprint density at radius 2 is 2.05 bits per heavy atom. The maximum Gasteiger partial charge on any atom is 0.127 e. The molecule has 1 N–H and O–H groups in total. The molecule has 3 nitrogen and oxygen atoms in total. The molecule has 2 aromatic rings. The summed E-state index contributed by atoms with van der Waals surface area (Å²) in [4.78, 5) is 0. The second-order valence-corrected chi connectivity index (χ2v) is 5.10. The van der Waals surface area contributed by atoms with Crippen LogP contribution in [0.4, 0.5) is 8.78 Å². The molecule has 1 aromatic carbocycles. The molecule has 0 bridgehead atoms.